The normalized spacial score (nSPS) is 22.7. The maximum absolute atomic E-state index is 11.3. The zero-order valence-electron chi connectivity index (χ0n) is 8.42. The van der Waals surface area contributed by atoms with Crippen LogP contribution in [0.4, 0.5) is 0 Å². The summed E-state index contributed by atoms with van der Waals surface area (Å²) in [5, 5.41) is 14.1. The fourth-order valence-electron chi connectivity index (χ4n) is 1.55. The molecule has 5 heteroatoms. The van der Waals surface area contributed by atoms with E-state index in [2.05, 4.69) is 22.5 Å². The fraction of sp³-hybridized carbons (Fsp3) is 0.778. The van der Waals surface area contributed by atoms with Crippen LogP contribution in [-0.4, -0.2) is 49.6 Å². The number of nitriles is 1. The number of hydrogen-bond acceptors (Lipinski definition) is 4. The van der Waals surface area contributed by atoms with Crippen molar-refractivity contribution in [3.8, 4) is 6.07 Å². The zero-order valence-corrected chi connectivity index (χ0v) is 8.42. The second-order valence-corrected chi connectivity index (χ2v) is 3.53. The Hall–Kier alpha value is -1.12. The van der Waals surface area contributed by atoms with Crippen LogP contribution in [0.25, 0.3) is 0 Å². The van der Waals surface area contributed by atoms with Crippen LogP contribution in [0.5, 0.6) is 0 Å². The smallest absolute Gasteiger partial charge is 0.235 e. The van der Waals surface area contributed by atoms with E-state index in [9.17, 15) is 4.79 Å². The highest BCUT2D eigenvalue weighted by Gasteiger charge is 2.17. The average molecular weight is 196 g/mol. The molecule has 1 rings (SSSR count). The molecule has 0 saturated carbocycles. The van der Waals surface area contributed by atoms with E-state index in [0.717, 1.165) is 19.6 Å². The molecule has 5 nitrogen and oxygen atoms in total. The van der Waals surface area contributed by atoms with Crippen LogP contribution in [0.2, 0.25) is 0 Å². The van der Waals surface area contributed by atoms with E-state index < -0.39 is 0 Å². The molecule has 0 unspecified atom stereocenters. The maximum Gasteiger partial charge on any atom is 0.235 e. The molecule has 78 valence electrons. The summed E-state index contributed by atoms with van der Waals surface area (Å²) in [4.78, 5) is 13.3. The predicted molar refractivity (Wildman–Crippen MR) is 52.5 cm³/mol. The van der Waals surface area contributed by atoms with Gasteiger partial charge >= 0.3 is 0 Å². The van der Waals surface area contributed by atoms with Gasteiger partial charge in [-0.25, -0.2) is 0 Å². The van der Waals surface area contributed by atoms with Crippen LogP contribution < -0.4 is 10.6 Å². The number of amides is 1. The van der Waals surface area contributed by atoms with Gasteiger partial charge in [0.2, 0.25) is 5.91 Å². The Morgan fingerprint density at radius 2 is 2.57 bits per heavy atom. The first-order valence-electron chi connectivity index (χ1n) is 4.81. The predicted octanol–water partition coefficient (Wildman–Crippen LogP) is -1.08. The lowest BCUT2D eigenvalue weighted by molar-refractivity contribution is -0.122. The third kappa shape index (κ3) is 3.73. The van der Waals surface area contributed by atoms with Crippen LogP contribution >= 0.6 is 0 Å². The van der Waals surface area contributed by atoms with E-state index in [4.69, 9.17) is 5.26 Å². The first kappa shape index (κ1) is 11.0. The maximum atomic E-state index is 11.3. The molecular weight excluding hydrogens is 180 g/mol. The molecule has 1 saturated heterocycles. The lowest BCUT2D eigenvalue weighted by Gasteiger charge is -2.31. The molecule has 0 bridgehead atoms. The monoisotopic (exact) mass is 196 g/mol. The van der Waals surface area contributed by atoms with E-state index in [0.29, 0.717) is 12.6 Å². The summed E-state index contributed by atoms with van der Waals surface area (Å²) >= 11 is 0. The minimum atomic E-state index is -0.0688. The molecule has 1 heterocycles. The lowest BCUT2D eigenvalue weighted by Crippen LogP contribution is -2.51. The van der Waals surface area contributed by atoms with Gasteiger partial charge in [-0.1, -0.05) is 0 Å². The van der Waals surface area contributed by atoms with E-state index in [1.165, 1.54) is 0 Å². The van der Waals surface area contributed by atoms with E-state index in [-0.39, 0.29) is 12.5 Å². The molecule has 0 aromatic carbocycles. The second kappa shape index (κ2) is 5.58. The molecule has 0 aromatic rings. The summed E-state index contributed by atoms with van der Waals surface area (Å²) < 4.78 is 0. The van der Waals surface area contributed by atoms with Gasteiger partial charge in [0.1, 0.15) is 6.54 Å². The Kier molecular flexibility index (Phi) is 4.36. The van der Waals surface area contributed by atoms with Crippen LogP contribution in [-0.2, 0) is 4.79 Å². The topological polar surface area (TPSA) is 68.2 Å². The van der Waals surface area contributed by atoms with Crippen LogP contribution in [0.1, 0.15) is 6.92 Å². The number of piperazine rings is 1. The van der Waals surface area contributed by atoms with Crippen molar-refractivity contribution in [1.29, 1.82) is 5.26 Å². The molecule has 14 heavy (non-hydrogen) atoms. The summed E-state index contributed by atoms with van der Waals surface area (Å²) in [6.07, 6.45) is 0. The summed E-state index contributed by atoms with van der Waals surface area (Å²) in [6.45, 7) is 5.30. The third-order valence-electron chi connectivity index (χ3n) is 2.18. The van der Waals surface area contributed by atoms with Gasteiger partial charge in [-0.3, -0.25) is 9.69 Å². The second-order valence-electron chi connectivity index (χ2n) is 3.53. The van der Waals surface area contributed by atoms with E-state index >= 15 is 0 Å². The highest BCUT2D eigenvalue weighted by molar-refractivity contribution is 5.78. The van der Waals surface area contributed by atoms with Crippen molar-refractivity contribution in [2.24, 2.45) is 0 Å². The van der Waals surface area contributed by atoms with Gasteiger partial charge in [0.25, 0.3) is 0 Å². The molecule has 0 spiro atoms. The SMILES string of the molecule is C[C@H]1CN(CC(=O)NCC#N)CCN1. The summed E-state index contributed by atoms with van der Waals surface area (Å²) in [5.74, 6) is -0.0688. The van der Waals surface area contributed by atoms with Gasteiger partial charge in [0, 0.05) is 25.7 Å². The molecule has 0 aliphatic carbocycles. The summed E-state index contributed by atoms with van der Waals surface area (Å²) in [7, 11) is 0. The third-order valence-corrected chi connectivity index (χ3v) is 2.18. The van der Waals surface area contributed by atoms with Gasteiger partial charge in [0.05, 0.1) is 12.6 Å². The standard InChI is InChI=1S/C9H16N4O/c1-8-6-13(5-4-11-8)7-9(14)12-3-2-10/h8,11H,3-7H2,1H3,(H,12,14)/t8-/m0/s1. The van der Waals surface area contributed by atoms with E-state index in [1.54, 1.807) is 0 Å². The molecule has 2 N–H and O–H groups in total. The molecule has 1 aliphatic rings. The Morgan fingerprint density at radius 3 is 3.21 bits per heavy atom. The van der Waals surface area contributed by atoms with Crippen molar-refractivity contribution in [3.63, 3.8) is 0 Å². The Balaban J connectivity index is 2.22. The molecule has 0 radical (unpaired) electrons. The van der Waals surface area contributed by atoms with Crippen molar-refractivity contribution in [2.45, 2.75) is 13.0 Å². The largest absolute Gasteiger partial charge is 0.342 e. The van der Waals surface area contributed by atoms with E-state index in [1.807, 2.05) is 6.07 Å². The molecule has 1 amide bonds. The van der Waals surface area contributed by atoms with Gasteiger partial charge in [-0.05, 0) is 6.92 Å². The number of carbonyl (C=O) groups excluding carboxylic acids is 1. The van der Waals surface area contributed by atoms with Crippen molar-refractivity contribution in [3.05, 3.63) is 0 Å². The van der Waals surface area contributed by atoms with Gasteiger partial charge < -0.3 is 10.6 Å². The number of hydrogen-bond donors (Lipinski definition) is 2. The Morgan fingerprint density at radius 1 is 1.79 bits per heavy atom. The number of carbonyl (C=O) groups is 1. The zero-order chi connectivity index (χ0) is 10.4. The molecule has 1 atom stereocenters. The van der Waals surface area contributed by atoms with Crippen LogP contribution in [0, 0.1) is 11.3 Å². The first-order chi connectivity index (χ1) is 6.72. The highest BCUT2D eigenvalue weighted by atomic mass is 16.2. The van der Waals surface area contributed by atoms with Crippen molar-refractivity contribution >= 4 is 5.91 Å². The molecule has 1 fully saturated rings. The van der Waals surface area contributed by atoms with Crippen molar-refractivity contribution < 1.29 is 4.79 Å². The first-order valence-corrected chi connectivity index (χ1v) is 4.81. The molecule has 0 aromatic heterocycles. The molecule has 1 aliphatic heterocycles. The number of nitrogens with one attached hydrogen (secondary N) is 2. The van der Waals surface area contributed by atoms with Gasteiger partial charge in [-0.2, -0.15) is 5.26 Å². The average Bonchev–Trinajstić information content (AvgIpc) is 2.15. The fourth-order valence-corrected chi connectivity index (χ4v) is 1.55. The van der Waals surface area contributed by atoms with Crippen LogP contribution in [0.15, 0.2) is 0 Å². The minimum absolute atomic E-state index is 0.0688. The summed E-state index contributed by atoms with van der Waals surface area (Å²) in [5.41, 5.74) is 0. The van der Waals surface area contributed by atoms with Crippen molar-refractivity contribution in [1.82, 2.24) is 15.5 Å². The lowest BCUT2D eigenvalue weighted by atomic mass is 10.2. The van der Waals surface area contributed by atoms with Crippen LogP contribution in [0.3, 0.4) is 0 Å². The Labute approximate surface area is 84.1 Å². The quantitative estimate of drug-likeness (QED) is 0.563. The molecular formula is C9H16N4O. The number of nitrogens with zero attached hydrogens (tertiary/aromatic N) is 2. The van der Waals surface area contributed by atoms with Gasteiger partial charge in [0.15, 0.2) is 0 Å². The van der Waals surface area contributed by atoms with Gasteiger partial charge in [-0.15, -0.1) is 0 Å². The Bertz CT molecular complexity index is 235. The van der Waals surface area contributed by atoms with Crippen molar-refractivity contribution in [2.75, 3.05) is 32.7 Å². The highest BCUT2D eigenvalue weighted by Crippen LogP contribution is 1.97. The minimum Gasteiger partial charge on any atom is -0.342 e. The number of rotatable bonds is 3. The summed E-state index contributed by atoms with van der Waals surface area (Å²) in [6, 6.07) is 2.32.